The molecule has 0 bridgehead atoms. The number of nitrogens with zero attached hydrogens (tertiary/aromatic N) is 2. The average molecular weight is 267 g/mol. The maximum atomic E-state index is 11.9. The molecule has 0 spiro atoms. The van der Waals surface area contributed by atoms with Crippen molar-refractivity contribution in [2.75, 3.05) is 5.32 Å². The first-order valence-corrected chi connectivity index (χ1v) is 5.89. The Hall–Kier alpha value is -3.02. The Morgan fingerprint density at radius 2 is 1.75 bits per heavy atom. The second-order valence-electron chi connectivity index (χ2n) is 4.23. The number of benzene rings is 2. The van der Waals surface area contributed by atoms with Gasteiger partial charge < -0.3 is 5.32 Å². The monoisotopic (exact) mass is 267 g/mol. The number of hydrogen-bond acceptors (Lipinski definition) is 4. The minimum atomic E-state index is -0.478. The van der Waals surface area contributed by atoms with Crippen LogP contribution in [0, 0.1) is 10.1 Å². The molecule has 0 fully saturated rings. The van der Waals surface area contributed by atoms with Crippen molar-refractivity contribution in [1.29, 1.82) is 0 Å². The van der Waals surface area contributed by atoms with Gasteiger partial charge in [0.1, 0.15) is 5.71 Å². The number of fused-ring (bicyclic) bond motifs is 1. The molecule has 1 aliphatic rings. The number of amides is 1. The van der Waals surface area contributed by atoms with Gasteiger partial charge in [-0.25, -0.2) is 4.99 Å². The summed E-state index contributed by atoms with van der Waals surface area (Å²) in [5.74, 6) is -0.274. The van der Waals surface area contributed by atoms with Gasteiger partial charge in [0.2, 0.25) is 0 Å². The minimum absolute atomic E-state index is 0.00905. The SMILES string of the molecule is O=C1Nc2ccccc2C1=Nc1ccc([N+](=O)[O-])cc1. The summed E-state index contributed by atoms with van der Waals surface area (Å²) in [6.07, 6.45) is 0. The van der Waals surface area contributed by atoms with E-state index in [2.05, 4.69) is 10.3 Å². The Labute approximate surface area is 113 Å². The fourth-order valence-electron chi connectivity index (χ4n) is 1.99. The van der Waals surface area contributed by atoms with Crippen molar-refractivity contribution in [3.63, 3.8) is 0 Å². The quantitative estimate of drug-likeness (QED) is 0.670. The molecule has 0 saturated carbocycles. The number of anilines is 1. The smallest absolute Gasteiger partial charge is 0.275 e. The molecule has 6 nitrogen and oxygen atoms in total. The van der Waals surface area contributed by atoms with Gasteiger partial charge in [-0.3, -0.25) is 14.9 Å². The molecule has 1 aliphatic heterocycles. The number of para-hydroxylation sites is 1. The standard InChI is InChI=1S/C14H9N3O3/c18-14-13(11-3-1-2-4-12(11)16-14)15-9-5-7-10(8-6-9)17(19)20/h1-8H,(H,15,16,18). The number of rotatable bonds is 2. The Balaban J connectivity index is 2.00. The molecule has 2 aromatic carbocycles. The maximum Gasteiger partial charge on any atom is 0.275 e. The lowest BCUT2D eigenvalue weighted by atomic mass is 10.1. The molecule has 98 valence electrons. The third-order valence-corrected chi connectivity index (χ3v) is 2.95. The summed E-state index contributed by atoms with van der Waals surface area (Å²) in [7, 11) is 0. The number of aliphatic imine (C=N–C) groups is 1. The highest BCUT2D eigenvalue weighted by Gasteiger charge is 2.25. The zero-order valence-corrected chi connectivity index (χ0v) is 10.2. The summed E-state index contributed by atoms with van der Waals surface area (Å²) < 4.78 is 0. The molecule has 2 aromatic rings. The highest BCUT2D eigenvalue weighted by atomic mass is 16.6. The van der Waals surface area contributed by atoms with Gasteiger partial charge in [0, 0.05) is 17.7 Å². The highest BCUT2D eigenvalue weighted by Crippen LogP contribution is 2.26. The molecular formula is C14H9N3O3. The number of carbonyl (C=O) groups excluding carboxylic acids is 1. The van der Waals surface area contributed by atoms with E-state index in [-0.39, 0.29) is 11.6 Å². The molecule has 3 rings (SSSR count). The summed E-state index contributed by atoms with van der Waals surface area (Å²) >= 11 is 0. The molecule has 6 heteroatoms. The Bertz CT molecular complexity index is 736. The van der Waals surface area contributed by atoms with Crippen LogP contribution < -0.4 is 5.32 Å². The summed E-state index contributed by atoms with van der Waals surface area (Å²) in [5.41, 5.74) is 2.26. The van der Waals surface area contributed by atoms with Gasteiger partial charge in [-0.05, 0) is 18.2 Å². The van der Waals surface area contributed by atoms with Crippen molar-refractivity contribution >= 4 is 28.7 Å². The Morgan fingerprint density at radius 3 is 2.45 bits per heavy atom. The number of nitro groups is 1. The number of non-ortho nitro benzene ring substituents is 1. The van der Waals surface area contributed by atoms with E-state index in [1.807, 2.05) is 12.1 Å². The van der Waals surface area contributed by atoms with Crippen LogP contribution in [0.1, 0.15) is 5.56 Å². The van der Waals surface area contributed by atoms with Crippen LogP contribution in [0.25, 0.3) is 0 Å². The third-order valence-electron chi connectivity index (χ3n) is 2.95. The molecule has 0 radical (unpaired) electrons. The molecule has 0 atom stereocenters. The van der Waals surface area contributed by atoms with Gasteiger partial charge in [-0.15, -0.1) is 0 Å². The average Bonchev–Trinajstić information content (AvgIpc) is 2.76. The number of nitro benzene ring substituents is 1. The first kappa shape index (κ1) is 12.0. The van der Waals surface area contributed by atoms with Crippen LogP contribution >= 0.6 is 0 Å². The van der Waals surface area contributed by atoms with Crippen LogP contribution in [0.15, 0.2) is 53.5 Å². The van der Waals surface area contributed by atoms with Gasteiger partial charge in [0.15, 0.2) is 0 Å². The zero-order valence-electron chi connectivity index (χ0n) is 10.2. The number of hydrogen-bond donors (Lipinski definition) is 1. The highest BCUT2D eigenvalue weighted by molar-refractivity contribution is 6.54. The number of nitrogens with one attached hydrogen (secondary N) is 1. The van der Waals surface area contributed by atoms with Gasteiger partial charge in [-0.2, -0.15) is 0 Å². The fraction of sp³-hybridized carbons (Fsp3) is 0. The topological polar surface area (TPSA) is 84.6 Å². The van der Waals surface area contributed by atoms with Crippen molar-refractivity contribution in [3.05, 3.63) is 64.2 Å². The molecule has 0 saturated heterocycles. The van der Waals surface area contributed by atoms with Crippen LogP contribution in [0.5, 0.6) is 0 Å². The van der Waals surface area contributed by atoms with E-state index >= 15 is 0 Å². The van der Waals surface area contributed by atoms with E-state index < -0.39 is 4.92 Å². The molecule has 0 unspecified atom stereocenters. The van der Waals surface area contributed by atoms with Crippen molar-refractivity contribution in [2.45, 2.75) is 0 Å². The van der Waals surface area contributed by atoms with Crippen molar-refractivity contribution in [2.24, 2.45) is 4.99 Å². The van der Waals surface area contributed by atoms with Gasteiger partial charge in [0.25, 0.3) is 11.6 Å². The first-order chi connectivity index (χ1) is 9.65. The second kappa shape index (κ2) is 4.58. The van der Waals surface area contributed by atoms with Crippen LogP contribution in [0.4, 0.5) is 17.1 Å². The molecule has 0 aliphatic carbocycles. The third kappa shape index (κ3) is 2.03. The van der Waals surface area contributed by atoms with E-state index in [1.54, 1.807) is 12.1 Å². The maximum absolute atomic E-state index is 11.9. The Kier molecular flexibility index (Phi) is 2.76. The summed E-state index contributed by atoms with van der Waals surface area (Å²) in [5, 5.41) is 13.3. The van der Waals surface area contributed by atoms with Gasteiger partial charge in [-0.1, -0.05) is 18.2 Å². The van der Waals surface area contributed by atoms with Crippen molar-refractivity contribution in [3.8, 4) is 0 Å². The zero-order chi connectivity index (χ0) is 14.1. The van der Waals surface area contributed by atoms with Gasteiger partial charge >= 0.3 is 0 Å². The van der Waals surface area contributed by atoms with Crippen LogP contribution in [-0.2, 0) is 4.79 Å². The van der Waals surface area contributed by atoms with E-state index in [4.69, 9.17) is 0 Å². The predicted octanol–water partition coefficient (Wildman–Crippen LogP) is 2.67. The van der Waals surface area contributed by atoms with Crippen LogP contribution in [0.2, 0.25) is 0 Å². The molecule has 1 amide bonds. The molecule has 1 heterocycles. The predicted molar refractivity (Wildman–Crippen MR) is 74.4 cm³/mol. The van der Waals surface area contributed by atoms with E-state index in [0.29, 0.717) is 11.4 Å². The van der Waals surface area contributed by atoms with Crippen LogP contribution in [-0.4, -0.2) is 16.5 Å². The summed E-state index contributed by atoms with van der Waals surface area (Å²) in [6.45, 7) is 0. The Morgan fingerprint density at radius 1 is 1.05 bits per heavy atom. The minimum Gasteiger partial charge on any atom is -0.320 e. The lowest BCUT2D eigenvalue weighted by Crippen LogP contribution is -2.13. The largest absolute Gasteiger partial charge is 0.320 e. The van der Waals surface area contributed by atoms with Gasteiger partial charge in [0.05, 0.1) is 16.3 Å². The lowest BCUT2D eigenvalue weighted by Gasteiger charge is -1.97. The van der Waals surface area contributed by atoms with Crippen molar-refractivity contribution in [1.82, 2.24) is 0 Å². The second-order valence-corrected chi connectivity index (χ2v) is 4.23. The molecule has 1 N–H and O–H groups in total. The van der Waals surface area contributed by atoms with Crippen molar-refractivity contribution < 1.29 is 9.72 Å². The van der Waals surface area contributed by atoms with Crippen LogP contribution in [0.3, 0.4) is 0 Å². The molecular weight excluding hydrogens is 258 g/mol. The summed E-state index contributed by atoms with van der Waals surface area (Å²) in [4.78, 5) is 26.2. The molecule has 0 aromatic heterocycles. The van der Waals surface area contributed by atoms with E-state index in [0.717, 1.165) is 11.3 Å². The lowest BCUT2D eigenvalue weighted by molar-refractivity contribution is -0.384. The van der Waals surface area contributed by atoms with E-state index in [9.17, 15) is 14.9 Å². The first-order valence-electron chi connectivity index (χ1n) is 5.89. The van der Waals surface area contributed by atoms with E-state index in [1.165, 1.54) is 24.3 Å². The molecule has 20 heavy (non-hydrogen) atoms. The number of carbonyl (C=O) groups is 1. The summed E-state index contributed by atoms with van der Waals surface area (Å²) in [6, 6.07) is 13.0. The normalized spacial score (nSPS) is 15.0. The fourth-order valence-corrected chi connectivity index (χ4v) is 1.99.